The minimum absolute atomic E-state index is 0.145. The van der Waals surface area contributed by atoms with Crippen molar-refractivity contribution in [3.05, 3.63) is 94.5 Å². The summed E-state index contributed by atoms with van der Waals surface area (Å²) in [5.74, 6) is 2.80. The van der Waals surface area contributed by atoms with E-state index in [0.717, 1.165) is 69.3 Å². The van der Waals surface area contributed by atoms with E-state index in [1.165, 1.54) is 6.42 Å². The number of hydrogen-bond donors (Lipinski definition) is 1. The van der Waals surface area contributed by atoms with E-state index in [2.05, 4.69) is 83.8 Å². The predicted molar refractivity (Wildman–Crippen MR) is 176 cm³/mol. The molecule has 3 aliphatic rings. The Balaban J connectivity index is 1.31. The van der Waals surface area contributed by atoms with Crippen molar-refractivity contribution < 1.29 is 9.47 Å². The van der Waals surface area contributed by atoms with Crippen molar-refractivity contribution in [1.29, 1.82) is 0 Å². The van der Waals surface area contributed by atoms with Gasteiger partial charge in [0.25, 0.3) is 0 Å². The number of anilines is 2. The number of ether oxygens (including phenoxy) is 2. The monoisotopic (exact) mass is 613 g/mol. The van der Waals surface area contributed by atoms with Crippen molar-refractivity contribution in [2.45, 2.75) is 46.2 Å². The third-order valence-corrected chi connectivity index (χ3v) is 9.54. The second-order valence-electron chi connectivity index (χ2n) is 12.2. The Morgan fingerprint density at radius 2 is 1.70 bits per heavy atom. The molecular formula is C34H36ClN5O2S. The normalized spacial score (nSPS) is 23.1. The highest BCUT2D eigenvalue weighted by Crippen LogP contribution is 2.46. The summed E-state index contributed by atoms with van der Waals surface area (Å²) in [5, 5.41) is 5.00. The maximum atomic E-state index is 7.05. The molecule has 4 atom stereocenters. The average molecular weight is 614 g/mol. The number of aromatic nitrogens is 2. The molecule has 4 unspecified atom stereocenters. The van der Waals surface area contributed by atoms with Crippen molar-refractivity contribution in [2.75, 3.05) is 29.7 Å². The minimum atomic E-state index is -0.151. The summed E-state index contributed by atoms with van der Waals surface area (Å²) in [6.07, 6.45) is 3.09. The van der Waals surface area contributed by atoms with Crippen molar-refractivity contribution in [2.24, 2.45) is 11.8 Å². The highest BCUT2D eigenvalue weighted by Gasteiger charge is 2.42. The fraction of sp³-hybridized carbons (Fsp3) is 0.353. The lowest BCUT2D eigenvalue weighted by atomic mass is 9.91. The second-order valence-corrected chi connectivity index (χ2v) is 13.0. The van der Waals surface area contributed by atoms with Crippen LogP contribution < -0.4 is 24.6 Å². The Kier molecular flexibility index (Phi) is 7.22. The molecule has 2 aromatic heterocycles. The highest BCUT2D eigenvalue weighted by molar-refractivity contribution is 7.80. The maximum absolute atomic E-state index is 7.05. The number of pyridine rings is 1. The van der Waals surface area contributed by atoms with Crippen molar-refractivity contribution in [3.63, 3.8) is 0 Å². The van der Waals surface area contributed by atoms with Gasteiger partial charge in [0.2, 0.25) is 6.79 Å². The van der Waals surface area contributed by atoms with Gasteiger partial charge in [-0.1, -0.05) is 31.5 Å². The van der Waals surface area contributed by atoms with Crippen molar-refractivity contribution in [1.82, 2.24) is 14.9 Å². The van der Waals surface area contributed by atoms with Gasteiger partial charge in [0.1, 0.15) is 0 Å². The Hall–Kier alpha value is -3.75. The molecule has 7 nitrogen and oxygen atoms in total. The molecule has 3 aliphatic heterocycles. The van der Waals surface area contributed by atoms with Gasteiger partial charge in [-0.15, -0.1) is 0 Å². The van der Waals surface area contributed by atoms with E-state index in [9.17, 15) is 0 Å². The second kappa shape index (κ2) is 11.1. The summed E-state index contributed by atoms with van der Waals surface area (Å²) >= 11 is 13.1. The lowest BCUT2D eigenvalue weighted by Crippen LogP contribution is -2.38. The standard InChI is InChI=1S/C34H36ClN5O2S/c1-20-13-21(2)18-38(17-20)29-10-8-24(15-27(29)35)40-33(32(37-34(40)43)28-7-5-6-12-36-28)26-14-22(3)39(23(26)4)25-9-11-30-31(16-25)42-19-41-30/h5-12,14-16,20-21,32-33H,13,17-19H2,1-4H3,(H,37,43). The number of hydrogen-bond acceptors (Lipinski definition) is 5. The summed E-state index contributed by atoms with van der Waals surface area (Å²) in [4.78, 5) is 9.38. The summed E-state index contributed by atoms with van der Waals surface area (Å²) < 4.78 is 13.5. The van der Waals surface area contributed by atoms with Crippen molar-refractivity contribution in [3.8, 4) is 17.2 Å². The Morgan fingerprint density at radius 3 is 2.44 bits per heavy atom. The van der Waals surface area contributed by atoms with E-state index in [1.54, 1.807) is 0 Å². The fourth-order valence-electron chi connectivity index (χ4n) is 7.22. The molecule has 7 rings (SSSR count). The molecule has 0 spiro atoms. The topological polar surface area (TPSA) is 54.8 Å². The largest absolute Gasteiger partial charge is 0.454 e. The van der Waals surface area contributed by atoms with Crippen LogP contribution in [0, 0.1) is 25.7 Å². The average Bonchev–Trinajstić information content (AvgIpc) is 3.67. The van der Waals surface area contributed by atoms with Crippen LogP contribution in [0.2, 0.25) is 5.02 Å². The van der Waals surface area contributed by atoms with E-state index >= 15 is 0 Å². The van der Waals surface area contributed by atoms with Crippen LogP contribution in [0.1, 0.15) is 55.0 Å². The third-order valence-electron chi connectivity index (χ3n) is 8.92. The first-order valence-corrected chi connectivity index (χ1v) is 15.7. The predicted octanol–water partition coefficient (Wildman–Crippen LogP) is 7.53. The minimum Gasteiger partial charge on any atom is -0.454 e. The summed E-state index contributed by atoms with van der Waals surface area (Å²) in [7, 11) is 0. The Morgan fingerprint density at radius 1 is 0.930 bits per heavy atom. The fourth-order valence-corrected chi connectivity index (χ4v) is 7.86. The van der Waals surface area contributed by atoms with Gasteiger partial charge in [-0.2, -0.15) is 0 Å². The van der Waals surface area contributed by atoms with Crippen LogP contribution in [-0.2, 0) is 0 Å². The zero-order chi connectivity index (χ0) is 29.8. The number of piperidine rings is 1. The van der Waals surface area contributed by atoms with Crippen LogP contribution in [0.4, 0.5) is 11.4 Å². The van der Waals surface area contributed by atoms with E-state index in [1.807, 2.05) is 30.5 Å². The molecule has 4 aromatic rings. The molecule has 0 bridgehead atoms. The van der Waals surface area contributed by atoms with Gasteiger partial charge < -0.3 is 29.2 Å². The molecule has 1 N–H and O–H groups in total. The molecule has 2 fully saturated rings. The first-order valence-electron chi connectivity index (χ1n) is 14.9. The van der Waals surface area contributed by atoms with Gasteiger partial charge in [0.15, 0.2) is 16.6 Å². The van der Waals surface area contributed by atoms with E-state index in [4.69, 9.17) is 38.3 Å². The number of nitrogens with zero attached hydrogens (tertiary/aromatic N) is 4. The first-order chi connectivity index (χ1) is 20.8. The van der Waals surface area contributed by atoms with Crippen LogP contribution in [0.3, 0.4) is 0 Å². The van der Waals surface area contributed by atoms with Gasteiger partial charge in [-0.25, -0.2) is 0 Å². The number of fused-ring (bicyclic) bond motifs is 1. The molecule has 0 saturated carbocycles. The molecule has 222 valence electrons. The zero-order valence-electron chi connectivity index (χ0n) is 24.9. The van der Waals surface area contributed by atoms with Crippen LogP contribution in [0.5, 0.6) is 11.5 Å². The van der Waals surface area contributed by atoms with E-state index in [-0.39, 0.29) is 18.9 Å². The van der Waals surface area contributed by atoms with Gasteiger partial charge in [0, 0.05) is 48.1 Å². The third kappa shape index (κ3) is 5.00. The van der Waals surface area contributed by atoms with Gasteiger partial charge >= 0.3 is 0 Å². The number of thiocarbonyl (C=S) groups is 1. The highest BCUT2D eigenvalue weighted by atomic mass is 35.5. The van der Waals surface area contributed by atoms with Crippen LogP contribution in [0.25, 0.3) is 5.69 Å². The van der Waals surface area contributed by atoms with Crippen molar-refractivity contribution >= 4 is 40.3 Å². The quantitative estimate of drug-likeness (QED) is 0.234. The first kappa shape index (κ1) is 28.0. The molecule has 0 aliphatic carbocycles. The van der Waals surface area contributed by atoms with Gasteiger partial charge in [-0.3, -0.25) is 4.98 Å². The molecular weight excluding hydrogens is 578 g/mol. The number of nitrogens with one attached hydrogen (secondary N) is 1. The van der Waals surface area contributed by atoms with E-state index in [0.29, 0.717) is 16.9 Å². The lowest BCUT2D eigenvalue weighted by molar-refractivity contribution is 0.174. The van der Waals surface area contributed by atoms with Crippen LogP contribution in [0.15, 0.2) is 66.9 Å². The smallest absolute Gasteiger partial charge is 0.231 e. The number of benzene rings is 2. The molecule has 43 heavy (non-hydrogen) atoms. The summed E-state index contributed by atoms with van der Waals surface area (Å²) in [5.41, 5.74) is 7.41. The van der Waals surface area contributed by atoms with Crippen LogP contribution >= 0.6 is 23.8 Å². The molecule has 2 aromatic carbocycles. The summed E-state index contributed by atoms with van der Waals surface area (Å²) in [6.45, 7) is 11.2. The summed E-state index contributed by atoms with van der Waals surface area (Å²) in [6, 6.07) is 20.5. The molecule has 5 heterocycles. The SMILES string of the molecule is Cc1cc(C2C(c3ccccn3)NC(=S)N2c2ccc(N3CC(C)CC(C)C3)c(Cl)c2)c(C)n1-c1ccc2c(c1)OCO2. The number of rotatable bonds is 5. The molecule has 2 saturated heterocycles. The number of aryl methyl sites for hydroxylation is 1. The zero-order valence-corrected chi connectivity index (χ0v) is 26.5. The maximum Gasteiger partial charge on any atom is 0.231 e. The Labute approximate surface area is 263 Å². The van der Waals surface area contributed by atoms with E-state index < -0.39 is 0 Å². The molecule has 0 radical (unpaired) electrons. The van der Waals surface area contributed by atoms with Gasteiger partial charge in [-0.05, 0) is 98.4 Å². The Bertz CT molecular complexity index is 1680. The lowest BCUT2D eigenvalue weighted by Gasteiger charge is -2.37. The molecule has 9 heteroatoms. The molecule has 0 amide bonds. The van der Waals surface area contributed by atoms with Crippen LogP contribution in [-0.4, -0.2) is 34.5 Å². The number of halogens is 1. The van der Waals surface area contributed by atoms with Gasteiger partial charge in [0.05, 0.1) is 28.5 Å².